The summed E-state index contributed by atoms with van der Waals surface area (Å²) in [6.45, 7) is 2.83. The van der Waals surface area contributed by atoms with Crippen LogP contribution in [0.4, 0.5) is 10.5 Å². The number of benzene rings is 1. The minimum atomic E-state index is -1.36. The van der Waals surface area contributed by atoms with Gasteiger partial charge in [0.05, 0.1) is 19.9 Å². The van der Waals surface area contributed by atoms with Crippen LogP contribution in [-0.2, 0) is 15.1 Å². The van der Waals surface area contributed by atoms with Gasteiger partial charge in [-0.2, -0.15) is 0 Å². The maximum absolute atomic E-state index is 12.8. The lowest BCUT2D eigenvalue weighted by Gasteiger charge is -2.19. The zero-order valence-corrected chi connectivity index (χ0v) is 16.0. The maximum Gasteiger partial charge on any atom is 0.325 e. The van der Waals surface area contributed by atoms with E-state index in [4.69, 9.17) is 13.9 Å². The summed E-state index contributed by atoms with van der Waals surface area (Å²) in [6.07, 6.45) is 0. The number of hydrogen-bond donors (Lipinski definition) is 2. The molecule has 1 aliphatic heterocycles. The molecule has 9 nitrogen and oxygen atoms in total. The Bertz CT molecular complexity index is 938. The highest BCUT2D eigenvalue weighted by atomic mass is 16.5. The van der Waals surface area contributed by atoms with E-state index in [1.165, 1.54) is 21.1 Å². The van der Waals surface area contributed by atoms with E-state index in [9.17, 15) is 14.4 Å². The summed E-state index contributed by atoms with van der Waals surface area (Å²) in [5.41, 5.74) is -0.964. The zero-order valence-electron chi connectivity index (χ0n) is 16.0. The monoisotopic (exact) mass is 387 g/mol. The number of anilines is 1. The molecule has 1 saturated heterocycles. The molecule has 1 aliphatic rings. The van der Waals surface area contributed by atoms with Crippen molar-refractivity contribution in [2.24, 2.45) is 0 Å². The fourth-order valence-electron chi connectivity index (χ4n) is 2.95. The third-order valence-corrected chi connectivity index (χ3v) is 4.49. The topological polar surface area (TPSA) is 110 Å². The van der Waals surface area contributed by atoms with Crippen molar-refractivity contribution in [3.8, 4) is 11.5 Å². The van der Waals surface area contributed by atoms with E-state index < -0.39 is 29.9 Å². The van der Waals surface area contributed by atoms with E-state index in [1.807, 2.05) is 0 Å². The van der Waals surface area contributed by atoms with Crippen molar-refractivity contribution in [1.82, 2.24) is 10.2 Å². The Morgan fingerprint density at radius 1 is 1.21 bits per heavy atom. The van der Waals surface area contributed by atoms with Gasteiger partial charge in [-0.25, -0.2) is 4.79 Å². The maximum atomic E-state index is 12.8. The Kier molecular flexibility index (Phi) is 5.00. The summed E-state index contributed by atoms with van der Waals surface area (Å²) in [5.74, 6) is 0.758. The third-order valence-electron chi connectivity index (χ3n) is 4.49. The number of rotatable bonds is 6. The number of aryl methyl sites for hydroxylation is 1. The molecule has 0 bridgehead atoms. The van der Waals surface area contributed by atoms with Crippen LogP contribution in [-0.4, -0.2) is 43.5 Å². The molecule has 28 heavy (non-hydrogen) atoms. The molecule has 0 saturated carbocycles. The van der Waals surface area contributed by atoms with Gasteiger partial charge in [-0.3, -0.25) is 14.5 Å². The summed E-state index contributed by atoms with van der Waals surface area (Å²) in [5, 5.41) is 5.22. The predicted octanol–water partition coefficient (Wildman–Crippen LogP) is 2.01. The van der Waals surface area contributed by atoms with Gasteiger partial charge in [0.1, 0.15) is 29.6 Å². The second-order valence-electron chi connectivity index (χ2n) is 6.47. The van der Waals surface area contributed by atoms with Crippen molar-refractivity contribution in [3.63, 3.8) is 0 Å². The summed E-state index contributed by atoms with van der Waals surface area (Å²) in [7, 11) is 2.97. The van der Waals surface area contributed by atoms with E-state index in [2.05, 4.69) is 10.6 Å². The number of imide groups is 1. The molecular weight excluding hydrogens is 366 g/mol. The second kappa shape index (κ2) is 7.26. The lowest BCUT2D eigenvalue weighted by atomic mass is 9.99. The summed E-state index contributed by atoms with van der Waals surface area (Å²) < 4.78 is 15.8. The number of ether oxygens (including phenoxy) is 2. The highest BCUT2D eigenvalue weighted by Crippen LogP contribution is 2.31. The number of carbonyl (C=O) groups is 3. The minimum absolute atomic E-state index is 0.308. The predicted molar refractivity (Wildman–Crippen MR) is 99.2 cm³/mol. The fourth-order valence-corrected chi connectivity index (χ4v) is 2.95. The molecule has 1 unspecified atom stereocenters. The molecule has 1 aromatic carbocycles. The molecule has 2 aromatic rings. The molecule has 3 rings (SSSR count). The first kappa shape index (κ1) is 19.3. The van der Waals surface area contributed by atoms with Crippen molar-refractivity contribution in [2.75, 3.05) is 26.1 Å². The lowest BCUT2D eigenvalue weighted by Crippen LogP contribution is -2.41. The van der Waals surface area contributed by atoms with Crippen LogP contribution in [0.1, 0.15) is 18.4 Å². The first-order chi connectivity index (χ1) is 13.3. The van der Waals surface area contributed by atoms with Crippen molar-refractivity contribution in [1.29, 1.82) is 0 Å². The van der Waals surface area contributed by atoms with E-state index in [0.29, 0.717) is 28.7 Å². The van der Waals surface area contributed by atoms with Crippen LogP contribution in [0, 0.1) is 6.92 Å². The third kappa shape index (κ3) is 3.38. The average Bonchev–Trinajstić information content (AvgIpc) is 3.20. The van der Waals surface area contributed by atoms with Crippen molar-refractivity contribution >= 4 is 23.5 Å². The number of hydrogen-bond acceptors (Lipinski definition) is 6. The Labute approximate surface area is 161 Å². The normalized spacial score (nSPS) is 18.8. The van der Waals surface area contributed by atoms with Crippen molar-refractivity contribution < 1.29 is 28.3 Å². The number of nitrogens with zero attached hydrogens (tertiary/aromatic N) is 1. The summed E-state index contributed by atoms with van der Waals surface area (Å²) in [4.78, 5) is 38.4. The van der Waals surface area contributed by atoms with Crippen LogP contribution < -0.4 is 20.1 Å². The van der Waals surface area contributed by atoms with Crippen molar-refractivity contribution in [3.05, 3.63) is 41.9 Å². The van der Waals surface area contributed by atoms with Gasteiger partial charge < -0.3 is 24.5 Å². The number of nitrogens with one attached hydrogen (secondary N) is 2. The molecule has 2 heterocycles. The minimum Gasteiger partial charge on any atom is -0.497 e. The smallest absolute Gasteiger partial charge is 0.325 e. The van der Waals surface area contributed by atoms with Crippen LogP contribution in [0.15, 0.2) is 34.7 Å². The highest BCUT2D eigenvalue weighted by Gasteiger charge is 2.51. The SMILES string of the molecule is COc1ccc(NC(=O)CN2C(=O)NC(C)(c3ccc(C)o3)C2=O)c(OC)c1. The van der Waals surface area contributed by atoms with Gasteiger partial charge in [0.2, 0.25) is 5.91 Å². The summed E-state index contributed by atoms with van der Waals surface area (Å²) in [6, 6.07) is 7.53. The average molecular weight is 387 g/mol. The first-order valence-electron chi connectivity index (χ1n) is 8.51. The number of amides is 4. The Balaban J connectivity index is 1.74. The molecule has 1 fully saturated rings. The molecule has 4 amide bonds. The van der Waals surface area contributed by atoms with Gasteiger partial charge >= 0.3 is 6.03 Å². The Morgan fingerprint density at radius 3 is 2.57 bits per heavy atom. The van der Waals surface area contributed by atoms with Gasteiger partial charge in [-0.15, -0.1) is 0 Å². The summed E-state index contributed by atoms with van der Waals surface area (Å²) >= 11 is 0. The van der Waals surface area contributed by atoms with E-state index in [0.717, 1.165) is 4.90 Å². The second-order valence-corrected chi connectivity index (χ2v) is 6.47. The molecule has 148 valence electrons. The van der Waals surface area contributed by atoms with Gasteiger partial charge in [0.25, 0.3) is 5.91 Å². The van der Waals surface area contributed by atoms with Gasteiger partial charge in [-0.05, 0) is 38.1 Å². The Hall–Kier alpha value is -3.49. The molecule has 1 aromatic heterocycles. The highest BCUT2D eigenvalue weighted by molar-refractivity contribution is 6.10. The molecule has 1 atom stereocenters. The largest absolute Gasteiger partial charge is 0.497 e. The van der Waals surface area contributed by atoms with Gasteiger partial charge in [0.15, 0.2) is 5.54 Å². The zero-order chi connectivity index (χ0) is 20.5. The first-order valence-corrected chi connectivity index (χ1v) is 8.51. The van der Waals surface area contributed by atoms with Gasteiger partial charge in [-0.1, -0.05) is 0 Å². The molecule has 0 radical (unpaired) electrons. The molecular formula is C19H21N3O6. The standard InChI is InChI=1S/C19H21N3O6/c1-11-5-8-15(28-11)19(2)17(24)22(18(25)21-19)10-16(23)20-13-7-6-12(26-3)9-14(13)27-4/h5-9H,10H2,1-4H3,(H,20,23)(H,21,25). The van der Waals surface area contributed by atoms with E-state index >= 15 is 0 Å². The van der Waals surface area contributed by atoms with Crippen molar-refractivity contribution in [2.45, 2.75) is 19.4 Å². The Morgan fingerprint density at radius 2 is 1.96 bits per heavy atom. The van der Waals surface area contributed by atoms with Crippen LogP contribution in [0.25, 0.3) is 0 Å². The van der Waals surface area contributed by atoms with Crippen LogP contribution in [0.5, 0.6) is 11.5 Å². The van der Waals surface area contributed by atoms with E-state index in [1.54, 1.807) is 37.3 Å². The molecule has 0 spiro atoms. The lowest BCUT2D eigenvalue weighted by molar-refractivity contribution is -0.134. The molecule has 0 aliphatic carbocycles. The fraction of sp³-hybridized carbons (Fsp3) is 0.316. The van der Waals surface area contributed by atoms with Crippen LogP contribution in [0.3, 0.4) is 0 Å². The molecule has 9 heteroatoms. The molecule has 2 N–H and O–H groups in total. The number of urea groups is 1. The van der Waals surface area contributed by atoms with E-state index in [-0.39, 0.29) is 0 Å². The quantitative estimate of drug-likeness (QED) is 0.734. The number of carbonyl (C=O) groups excluding carboxylic acids is 3. The van der Waals surface area contributed by atoms with Gasteiger partial charge in [0, 0.05) is 6.07 Å². The number of methoxy groups -OCH3 is 2. The van der Waals surface area contributed by atoms with Crippen LogP contribution >= 0.6 is 0 Å². The van der Waals surface area contributed by atoms with Crippen LogP contribution in [0.2, 0.25) is 0 Å². The number of furan rings is 1.